The smallest absolute Gasteiger partial charge is 0.123 e. The number of hydrogen-bond acceptors (Lipinski definition) is 2. The van der Waals surface area contributed by atoms with Crippen LogP contribution >= 0.6 is 0 Å². The van der Waals surface area contributed by atoms with Crippen molar-refractivity contribution in [1.29, 1.82) is 0 Å². The summed E-state index contributed by atoms with van der Waals surface area (Å²) >= 11 is 0. The zero-order chi connectivity index (χ0) is 13.7. The van der Waals surface area contributed by atoms with Gasteiger partial charge in [0.25, 0.3) is 0 Å². The Morgan fingerprint density at radius 2 is 2.00 bits per heavy atom. The molecule has 19 heavy (non-hydrogen) atoms. The maximum Gasteiger partial charge on any atom is 0.123 e. The highest BCUT2D eigenvalue weighted by molar-refractivity contribution is 5.36. The Hall–Kier alpha value is -1.02. The molecule has 0 radical (unpaired) electrons. The van der Waals surface area contributed by atoms with Gasteiger partial charge in [-0.25, -0.2) is 0 Å². The Morgan fingerprint density at radius 1 is 1.21 bits per heavy atom. The molecule has 0 unspecified atom stereocenters. The van der Waals surface area contributed by atoms with Gasteiger partial charge < -0.3 is 10.1 Å². The van der Waals surface area contributed by atoms with E-state index in [-0.39, 0.29) is 5.60 Å². The van der Waals surface area contributed by atoms with Crippen LogP contribution in [0.25, 0.3) is 0 Å². The normalized spacial score (nSPS) is 17.0. The summed E-state index contributed by atoms with van der Waals surface area (Å²) in [6.45, 7) is 8.65. The molecule has 2 nitrogen and oxygen atoms in total. The van der Waals surface area contributed by atoms with Crippen molar-refractivity contribution < 1.29 is 4.74 Å². The van der Waals surface area contributed by atoms with Crippen LogP contribution in [0.5, 0.6) is 5.75 Å². The van der Waals surface area contributed by atoms with Crippen molar-refractivity contribution in [2.24, 2.45) is 0 Å². The third-order valence-electron chi connectivity index (χ3n) is 4.12. The average molecular weight is 261 g/mol. The fraction of sp³-hybridized carbons (Fsp3) is 0.647. The molecule has 0 aliphatic heterocycles. The minimum Gasteiger partial charge on any atom is -0.487 e. The Balaban J connectivity index is 1.96. The Labute approximate surface area is 117 Å². The molecule has 0 saturated heterocycles. The fourth-order valence-electron chi connectivity index (χ4n) is 2.64. The summed E-state index contributed by atoms with van der Waals surface area (Å²) in [5.74, 6) is 1.08. The van der Waals surface area contributed by atoms with E-state index in [1.165, 1.54) is 36.8 Å². The third kappa shape index (κ3) is 3.73. The van der Waals surface area contributed by atoms with Crippen LogP contribution in [-0.2, 0) is 0 Å². The van der Waals surface area contributed by atoms with E-state index in [4.69, 9.17) is 4.74 Å². The molecule has 1 aliphatic rings. The Morgan fingerprint density at radius 3 is 2.63 bits per heavy atom. The highest BCUT2D eigenvalue weighted by Crippen LogP contribution is 2.40. The molecule has 1 saturated carbocycles. The second-order valence-electron chi connectivity index (χ2n) is 5.91. The van der Waals surface area contributed by atoms with E-state index < -0.39 is 0 Å². The summed E-state index contributed by atoms with van der Waals surface area (Å²) in [6.07, 6.45) is 6.03. The molecule has 2 heteroatoms. The summed E-state index contributed by atoms with van der Waals surface area (Å²) in [4.78, 5) is 0. The highest BCUT2D eigenvalue weighted by atomic mass is 16.5. The molecule has 1 aromatic carbocycles. The van der Waals surface area contributed by atoms with Gasteiger partial charge >= 0.3 is 0 Å². The maximum absolute atomic E-state index is 6.39. The number of nitrogens with one attached hydrogen (secondary N) is 1. The first-order chi connectivity index (χ1) is 9.15. The first-order valence-electron chi connectivity index (χ1n) is 7.62. The van der Waals surface area contributed by atoms with Crippen LogP contribution < -0.4 is 10.1 Å². The predicted octanol–water partition coefficient (Wildman–Crippen LogP) is 3.99. The number of hydrogen-bond donors (Lipinski definition) is 1. The molecule has 1 fully saturated rings. The molecular weight excluding hydrogens is 234 g/mol. The van der Waals surface area contributed by atoms with Gasteiger partial charge in [-0.15, -0.1) is 0 Å². The molecular formula is C17H27NO. The second kappa shape index (κ2) is 6.42. The van der Waals surface area contributed by atoms with Crippen molar-refractivity contribution in [3.8, 4) is 5.75 Å². The van der Waals surface area contributed by atoms with Gasteiger partial charge in [-0.1, -0.05) is 19.1 Å². The summed E-state index contributed by atoms with van der Waals surface area (Å²) in [5, 5.41) is 3.49. The fourth-order valence-corrected chi connectivity index (χ4v) is 2.64. The minimum atomic E-state index is 0.0965. The Kier molecular flexibility index (Phi) is 4.87. The lowest BCUT2D eigenvalue weighted by molar-refractivity contribution is -0.0147. The zero-order valence-electron chi connectivity index (χ0n) is 12.6. The van der Waals surface area contributed by atoms with Crippen LogP contribution in [0, 0.1) is 13.8 Å². The number of benzene rings is 1. The third-order valence-corrected chi connectivity index (χ3v) is 4.12. The lowest BCUT2D eigenvalue weighted by Crippen LogP contribution is -2.45. The highest BCUT2D eigenvalue weighted by Gasteiger charge is 2.39. The molecule has 1 aromatic rings. The quantitative estimate of drug-likeness (QED) is 0.749. The molecule has 1 N–H and O–H groups in total. The first-order valence-corrected chi connectivity index (χ1v) is 7.62. The van der Waals surface area contributed by atoms with E-state index in [9.17, 15) is 0 Å². The maximum atomic E-state index is 6.39. The van der Waals surface area contributed by atoms with Gasteiger partial charge in [0, 0.05) is 0 Å². The summed E-state index contributed by atoms with van der Waals surface area (Å²) in [6, 6.07) is 6.49. The molecule has 1 aliphatic carbocycles. The van der Waals surface area contributed by atoms with Crippen LogP contribution in [0.4, 0.5) is 0 Å². The minimum absolute atomic E-state index is 0.0965. The van der Waals surface area contributed by atoms with Crippen LogP contribution in [0.2, 0.25) is 0 Å². The van der Waals surface area contributed by atoms with Crippen LogP contribution in [0.3, 0.4) is 0 Å². The largest absolute Gasteiger partial charge is 0.487 e. The molecule has 0 spiro atoms. The monoisotopic (exact) mass is 261 g/mol. The van der Waals surface area contributed by atoms with Gasteiger partial charge in [0.1, 0.15) is 11.4 Å². The Bertz CT molecular complexity index is 410. The lowest BCUT2D eigenvalue weighted by atomic mass is 9.77. The zero-order valence-corrected chi connectivity index (χ0v) is 12.6. The van der Waals surface area contributed by atoms with Gasteiger partial charge in [0.15, 0.2) is 0 Å². The van der Waals surface area contributed by atoms with Gasteiger partial charge in [0.05, 0.1) is 0 Å². The molecule has 0 bridgehead atoms. The predicted molar refractivity (Wildman–Crippen MR) is 80.9 cm³/mol. The van der Waals surface area contributed by atoms with Gasteiger partial charge in [0.2, 0.25) is 0 Å². The van der Waals surface area contributed by atoms with Crippen molar-refractivity contribution in [1.82, 2.24) is 5.32 Å². The van der Waals surface area contributed by atoms with Crippen LogP contribution in [0.15, 0.2) is 18.2 Å². The van der Waals surface area contributed by atoms with Gasteiger partial charge in [-0.2, -0.15) is 0 Å². The van der Waals surface area contributed by atoms with E-state index in [1.807, 2.05) is 0 Å². The van der Waals surface area contributed by atoms with E-state index in [1.54, 1.807) is 0 Å². The average Bonchev–Trinajstić information content (AvgIpc) is 2.35. The summed E-state index contributed by atoms with van der Waals surface area (Å²) in [7, 11) is 0. The molecule has 106 valence electrons. The molecule has 0 amide bonds. The molecule has 0 heterocycles. The lowest BCUT2D eigenvalue weighted by Gasteiger charge is -2.42. The summed E-state index contributed by atoms with van der Waals surface area (Å²) in [5.41, 5.74) is 2.62. The van der Waals surface area contributed by atoms with E-state index in [0.29, 0.717) is 0 Å². The number of aryl methyl sites for hydroxylation is 2. The first kappa shape index (κ1) is 14.4. The molecule has 0 atom stereocenters. The van der Waals surface area contributed by atoms with Crippen molar-refractivity contribution in [2.45, 2.75) is 58.5 Å². The van der Waals surface area contributed by atoms with E-state index in [2.05, 4.69) is 44.3 Å². The van der Waals surface area contributed by atoms with Crippen molar-refractivity contribution in [3.05, 3.63) is 29.3 Å². The standard InChI is InChI=1S/C17H27NO/c1-4-11-18-12-10-17(8-5-9-17)19-16-13-14(2)6-7-15(16)3/h6-7,13,18H,4-5,8-12H2,1-3H3. The van der Waals surface area contributed by atoms with Crippen LogP contribution in [0.1, 0.15) is 50.2 Å². The molecule has 2 rings (SSSR count). The van der Waals surface area contributed by atoms with Crippen molar-refractivity contribution >= 4 is 0 Å². The SMILES string of the molecule is CCCNCCC1(Oc2cc(C)ccc2C)CCC1. The van der Waals surface area contributed by atoms with Gasteiger partial charge in [-0.05, 0) is 76.2 Å². The second-order valence-corrected chi connectivity index (χ2v) is 5.91. The number of rotatable bonds is 7. The summed E-state index contributed by atoms with van der Waals surface area (Å²) < 4.78 is 6.39. The topological polar surface area (TPSA) is 21.3 Å². The van der Waals surface area contributed by atoms with Crippen LogP contribution in [-0.4, -0.2) is 18.7 Å². The van der Waals surface area contributed by atoms with E-state index in [0.717, 1.165) is 25.3 Å². The van der Waals surface area contributed by atoms with E-state index >= 15 is 0 Å². The van der Waals surface area contributed by atoms with Gasteiger partial charge in [-0.3, -0.25) is 0 Å². The number of ether oxygens (including phenoxy) is 1. The van der Waals surface area contributed by atoms with Crippen molar-refractivity contribution in [2.75, 3.05) is 13.1 Å². The molecule has 0 aromatic heterocycles. The van der Waals surface area contributed by atoms with Crippen molar-refractivity contribution in [3.63, 3.8) is 0 Å².